The maximum Gasteiger partial charge on any atom is 0.303 e. The van der Waals surface area contributed by atoms with E-state index in [9.17, 15) is 18.0 Å². The van der Waals surface area contributed by atoms with Crippen LogP contribution in [0.3, 0.4) is 0 Å². The van der Waals surface area contributed by atoms with Gasteiger partial charge in [0, 0.05) is 50.7 Å². The van der Waals surface area contributed by atoms with Crippen LogP contribution < -0.4 is 9.46 Å². The number of rotatable bonds is 2. The highest BCUT2D eigenvalue weighted by Crippen LogP contribution is 2.55. The minimum Gasteiger partial charge on any atom is -0.496 e. The molecule has 10 nitrogen and oxygen atoms in total. The van der Waals surface area contributed by atoms with Gasteiger partial charge in [0.1, 0.15) is 5.75 Å². The van der Waals surface area contributed by atoms with Crippen molar-refractivity contribution in [3.63, 3.8) is 0 Å². The van der Waals surface area contributed by atoms with Crippen LogP contribution in [0.1, 0.15) is 61.6 Å². The summed E-state index contributed by atoms with van der Waals surface area (Å²) in [6.07, 6.45) is 10.5. The second kappa shape index (κ2) is 11.2. The van der Waals surface area contributed by atoms with Crippen LogP contribution in [0.4, 0.5) is 0 Å². The number of fused-ring (bicyclic) bond motifs is 3. The second-order valence-electron chi connectivity index (χ2n) is 12.6. The number of nitrogens with zero attached hydrogens (tertiary/aromatic N) is 3. The summed E-state index contributed by atoms with van der Waals surface area (Å²) in [4.78, 5) is 29.5. The van der Waals surface area contributed by atoms with Crippen molar-refractivity contribution in [2.75, 3.05) is 47.5 Å². The molecule has 1 aromatic carbocycles. The van der Waals surface area contributed by atoms with Crippen molar-refractivity contribution < 1.29 is 27.5 Å². The molecular formula is C33H40N4O6S. The number of hydrogen-bond donors (Lipinski definition) is 1. The topological polar surface area (TPSA) is 110 Å². The van der Waals surface area contributed by atoms with Gasteiger partial charge >= 0.3 is 10.2 Å². The Morgan fingerprint density at radius 3 is 2.57 bits per heavy atom. The Hall–Kier alpha value is -3.41. The molecule has 2 aromatic rings. The number of nitrogens with one attached hydrogen (secondary N) is 1. The highest BCUT2D eigenvalue weighted by atomic mass is 32.2. The number of hydrogen-bond acceptors (Lipinski definition) is 6. The fourth-order valence-electron chi connectivity index (χ4n) is 7.76. The molecule has 0 unspecified atom stereocenters. The molecule has 2 amide bonds. The van der Waals surface area contributed by atoms with Gasteiger partial charge < -0.3 is 18.9 Å². The lowest BCUT2D eigenvalue weighted by Crippen LogP contribution is -2.43. The number of allylic oxidation sites excluding steroid dienone is 4. The van der Waals surface area contributed by atoms with E-state index in [4.69, 9.17) is 9.47 Å². The van der Waals surface area contributed by atoms with Crippen LogP contribution in [0.2, 0.25) is 0 Å². The van der Waals surface area contributed by atoms with Gasteiger partial charge in [0.05, 0.1) is 37.3 Å². The number of benzene rings is 1. The van der Waals surface area contributed by atoms with E-state index < -0.39 is 16.1 Å². The lowest BCUT2D eigenvalue weighted by molar-refractivity contribution is -0.135. The third-order valence-electron chi connectivity index (χ3n) is 10.2. The second-order valence-corrected chi connectivity index (χ2v) is 14.4. The Balaban J connectivity index is 1.44. The molecule has 2 aliphatic heterocycles. The van der Waals surface area contributed by atoms with Crippen LogP contribution in [0.15, 0.2) is 52.6 Å². The highest BCUT2D eigenvalue weighted by molar-refractivity contribution is 7.87. The van der Waals surface area contributed by atoms with Crippen molar-refractivity contribution in [1.82, 2.24) is 18.5 Å². The molecule has 2 atom stereocenters. The quantitative estimate of drug-likeness (QED) is 0.548. The number of methoxy groups -OCH3 is 1. The van der Waals surface area contributed by atoms with Crippen LogP contribution >= 0.6 is 0 Å². The van der Waals surface area contributed by atoms with Gasteiger partial charge in [-0.25, -0.2) is 4.72 Å². The van der Waals surface area contributed by atoms with Gasteiger partial charge in [-0.3, -0.25) is 9.59 Å². The van der Waals surface area contributed by atoms with Crippen LogP contribution in [-0.4, -0.2) is 81.5 Å². The van der Waals surface area contributed by atoms with E-state index in [1.165, 1.54) is 31.9 Å². The average molecular weight is 621 g/mol. The fraction of sp³-hybridized carbons (Fsp3) is 0.515. The molecule has 234 valence electrons. The Bertz CT molecular complexity index is 1750. The zero-order valence-electron chi connectivity index (χ0n) is 25.6. The molecule has 1 saturated carbocycles. The van der Waals surface area contributed by atoms with E-state index in [-0.39, 0.29) is 37.5 Å². The Kier molecular flexibility index (Phi) is 7.45. The van der Waals surface area contributed by atoms with Crippen molar-refractivity contribution in [3.05, 3.63) is 63.9 Å². The molecule has 1 aromatic heterocycles. The summed E-state index contributed by atoms with van der Waals surface area (Å²) >= 11 is 0. The molecule has 44 heavy (non-hydrogen) atoms. The lowest BCUT2D eigenvalue weighted by atomic mass is 9.76. The minimum absolute atomic E-state index is 0.0271. The third-order valence-corrected chi connectivity index (χ3v) is 11.6. The fourth-order valence-corrected chi connectivity index (χ4v) is 8.57. The van der Waals surface area contributed by atoms with E-state index in [0.29, 0.717) is 31.0 Å². The van der Waals surface area contributed by atoms with Gasteiger partial charge in [-0.05, 0) is 59.6 Å². The monoisotopic (exact) mass is 620 g/mol. The van der Waals surface area contributed by atoms with E-state index in [0.717, 1.165) is 56.2 Å². The zero-order chi connectivity index (χ0) is 30.7. The molecule has 7 rings (SSSR count). The normalized spacial score (nSPS) is 26.5. The van der Waals surface area contributed by atoms with E-state index in [2.05, 4.69) is 27.5 Å². The van der Waals surface area contributed by atoms with Crippen molar-refractivity contribution >= 4 is 32.9 Å². The SMILES string of the molecule is COc1ccc(C2CCCCC2)c2c1cc1n2CC2=C3C(=O)NS(=O)(=O)N(C)CCOCCN(C)C(=O)[C@H]4CC=CC(=C23)[C@H]14. The van der Waals surface area contributed by atoms with Crippen LogP contribution in [0, 0.1) is 5.92 Å². The van der Waals surface area contributed by atoms with Gasteiger partial charge in [0.2, 0.25) is 5.91 Å². The van der Waals surface area contributed by atoms with Gasteiger partial charge in [0.15, 0.2) is 0 Å². The number of likely N-dealkylation sites (N-methyl/N-ethyl adjacent to an activating group) is 2. The van der Waals surface area contributed by atoms with Crippen molar-refractivity contribution in [2.45, 2.75) is 56.9 Å². The first-order valence-electron chi connectivity index (χ1n) is 15.7. The predicted molar refractivity (Wildman–Crippen MR) is 167 cm³/mol. The summed E-state index contributed by atoms with van der Waals surface area (Å²) in [5.41, 5.74) is 6.32. The molecule has 1 N–H and O–H groups in total. The number of carbonyl (C=O) groups excluding carboxylic acids is 2. The maximum absolute atomic E-state index is 14.1. The Morgan fingerprint density at radius 2 is 1.80 bits per heavy atom. The number of amides is 2. The van der Waals surface area contributed by atoms with Crippen LogP contribution in [0.25, 0.3) is 10.9 Å². The summed E-state index contributed by atoms with van der Waals surface area (Å²) in [5.74, 6) is -0.0962. The largest absolute Gasteiger partial charge is 0.496 e. The molecule has 0 radical (unpaired) electrons. The molecule has 1 fully saturated rings. The van der Waals surface area contributed by atoms with Crippen molar-refractivity contribution in [1.29, 1.82) is 0 Å². The first kappa shape index (κ1) is 29.3. The summed E-state index contributed by atoms with van der Waals surface area (Å²) in [5, 5.41) is 1.01. The molecule has 3 aliphatic carbocycles. The third kappa shape index (κ3) is 4.80. The van der Waals surface area contributed by atoms with Crippen LogP contribution in [0.5, 0.6) is 5.75 Å². The zero-order valence-corrected chi connectivity index (χ0v) is 26.4. The van der Waals surface area contributed by atoms with Crippen molar-refractivity contribution in [2.24, 2.45) is 5.92 Å². The van der Waals surface area contributed by atoms with E-state index in [1.54, 1.807) is 19.1 Å². The summed E-state index contributed by atoms with van der Waals surface area (Å²) < 4.78 is 43.4. The Morgan fingerprint density at radius 1 is 1.02 bits per heavy atom. The van der Waals surface area contributed by atoms with Crippen molar-refractivity contribution in [3.8, 4) is 5.75 Å². The summed E-state index contributed by atoms with van der Waals surface area (Å²) in [6.45, 7) is 1.33. The molecule has 3 heterocycles. The molecule has 5 aliphatic rings. The summed E-state index contributed by atoms with van der Waals surface area (Å²) in [7, 11) is 0.832. The maximum atomic E-state index is 14.1. The molecule has 4 bridgehead atoms. The van der Waals surface area contributed by atoms with Gasteiger partial charge in [-0.1, -0.05) is 37.5 Å². The number of carbonyl (C=O) groups is 2. The first-order chi connectivity index (χ1) is 21.2. The molecular weight excluding hydrogens is 580 g/mol. The minimum atomic E-state index is -4.07. The smallest absolute Gasteiger partial charge is 0.303 e. The molecule has 0 saturated heterocycles. The van der Waals surface area contributed by atoms with Gasteiger partial charge in [0.25, 0.3) is 5.91 Å². The predicted octanol–water partition coefficient (Wildman–Crippen LogP) is 3.76. The Labute approximate surface area is 258 Å². The van der Waals surface area contributed by atoms with Gasteiger partial charge in [-0.2, -0.15) is 12.7 Å². The summed E-state index contributed by atoms with van der Waals surface area (Å²) in [6, 6.07) is 6.44. The molecule has 0 spiro atoms. The molecule has 11 heteroatoms. The average Bonchev–Trinajstić information content (AvgIpc) is 3.65. The first-order valence-corrected chi connectivity index (χ1v) is 17.1. The standard InChI is InChI=1S/C33H40N4O6S/c1-35-14-16-43-17-15-36(2)44(40,41)34-32(38)30-25-19-37-26(28-22(29(25)30)10-7-11-23(28)33(35)39)18-24-27(42-3)13-12-21(31(24)37)20-8-5-4-6-9-20/h7,10,12-13,18,20,23,28H,4-6,8-9,11,14-17,19H2,1-3H3,(H,34,38)/t23-,28-/m0/s1. The van der Waals surface area contributed by atoms with E-state index >= 15 is 0 Å². The number of ether oxygens (including phenoxy) is 2. The number of aromatic nitrogens is 1. The highest BCUT2D eigenvalue weighted by Gasteiger charge is 2.48. The van der Waals surface area contributed by atoms with Gasteiger partial charge in [-0.15, -0.1) is 0 Å². The van der Waals surface area contributed by atoms with Crippen LogP contribution in [-0.2, 0) is 31.1 Å². The van der Waals surface area contributed by atoms with E-state index in [1.807, 2.05) is 12.2 Å². The lowest BCUT2D eigenvalue weighted by Gasteiger charge is -2.33.